The minimum atomic E-state index is -1.12. The van der Waals surface area contributed by atoms with Crippen molar-refractivity contribution in [3.8, 4) is 36.5 Å². The lowest BCUT2D eigenvalue weighted by atomic mass is 10.3. The number of esters is 1. The molecule has 16 heavy (non-hydrogen) atoms. The Labute approximate surface area is 93.2 Å². The molecule has 0 spiro atoms. The molecule has 1 atom stereocenters. The Hall–Kier alpha value is -2.58. The van der Waals surface area contributed by atoms with Gasteiger partial charge >= 0.3 is 5.97 Å². The van der Waals surface area contributed by atoms with E-state index in [1.807, 2.05) is 0 Å². The third kappa shape index (κ3) is 9.51. The van der Waals surface area contributed by atoms with E-state index in [-0.39, 0.29) is 0 Å². The van der Waals surface area contributed by atoms with Crippen LogP contribution in [0.4, 0.5) is 0 Å². The lowest BCUT2D eigenvalue weighted by Crippen LogP contribution is -2.23. The van der Waals surface area contributed by atoms with Crippen LogP contribution in [-0.2, 0) is 9.53 Å². The van der Waals surface area contributed by atoms with Gasteiger partial charge in [0.2, 0.25) is 0 Å². The van der Waals surface area contributed by atoms with Crippen LogP contribution in [0.5, 0.6) is 0 Å². The second-order valence-electron chi connectivity index (χ2n) is 1.97. The molecule has 0 aromatic heterocycles. The Morgan fingerprint density at radius 3 is 2.31 bits per heavy atom. The van der Waals surface area contributed by atoms with E-state index in [0.717, 1.165) is 7.11 Å². The van der Waals surface area contributed by atoms with Crippen LogP contribution in [-0.4, -0.2) is 30.8 Å². The predicted octanol–water partition coefficient (Wildman–Crippen LogP) is 0.0868. The van der Waals surface area contributed by atoms with E-state index < -0.39 is 18.6 Å². The number of nitrogens with zero attached hydrogens (tertiary/aromatic N) is 3. The average Bonchev–Trinajstić information content (AvgIpc) is 2.33. The van der Waals surface area contributed by atoms with Crippen LogP contribution in [0.1, 0.15) is 0 Å². The van der Waals surface area contributed by atoms with Gasteiger partial charge in [-0.2, -0.15) is 0 Å². The van der Waals surface area contributed by atoms with Crippen molar-refractivity contribution in [1.29, 1.82) is 0 Å². The van der Waals surface area contributed by atoms with E-state index in [9.17, 15) is 4.79 Å². The summed E-state index contributed by atoms with van der Waals surface area (Å²) >= 11 is 0. The van der Waals surface area contributed by atoms with Gasteiger partial charge in [-0.05, 0) is 29.2 Å². The maximum Gasteiger partial charge on any atom is 0.316 e. The predicted molar refractivity (Wildman–Crippen MR) is 57.5 cm³/mol. The second-order valence-corrected chi connectivity index (χ2v) is 1.97. The molecule has 0 aliphatic rings. The summed E-state index contributed by atoms with van der Waals surface area (Å²) in [5, 5.41) is 11.4. The van der Waals surface area contributed by atoms with Crippen LogP contribution in [0, 0.1) is 36.5 Å². The van der Waals surface area contributed by atoms with Crippen molar-refractivity contribution in [1.82, 2.24) is 0 Å². The van der Waals surface area contributed by atoms with E-state index in [1.165, 1.54) is 0 Å². The van der Waals surface area contributed by atoms with Gasteiger partial charge in [-0.15, -0.1) is 12.8 Å². The van der Waals surface area contributed by atoms with Gasteiger partial charge in [0.1, 0.15) is 0 Å². The van der Waals surface area contributed by atoms with E-state index in [4.69, 9.17) is 23.5 Å². The number of hydrogen-bond acceptors (Lipinski definition) is 4. The summed E-state index contributed by atoms with van der Waals surface area (Å²) in [6, 6.07) is -1.12. The average molecular weight is 219 g/mol. The summed E-state index contributed by atoms with van der Waals surface area (Å²) < 4.78 is 4.19. The molecule has 0 aliphatic carbocycles. The number of azide groups is 1. The van der Waals surface area contributed by atoms with Gasteiger partial charge in [-0.1, -0.05) is 5.11 Å². The van der Waals surface area contributed by atoms with E-state index in [2.05, 4.69) is 38.4 Å². The molecule has 6 heteroatoms. The van der Waals surface area contributed by atoms with E-state index in [1.54, 1.807) is 0 Å². The quantitative estimate of drug-likeness (QED) is 0.239. The molecule has 0 aromatic rings. The molecule has 0 amide bonds. The summed E-state index contributed by atoms with van der Waals surface area (Å²) in [4.78, 5) is 12.8. The van der Waals surface area contributed by atoms with Crippen LogP contribution >= 0.6 is 0 Å². The van der Waals surface area contributed by atoms with Crippen LogP contribution in [0.2, 0.25) is 0 Å². The molecule has 1 unspecified atom stereocenters. The Morgan fingerprint density at radius 1 is 1.56 bits per heavy atom. The fourth-order valence-electron chi connectivity index (χ4n) is 0.429. The van der Waals surface area contributed by atoms with Gasteiger partial charge in [0.15, 0.2) is 6.04 Å². The van der Waals surface area contributed by atoms with Crippen LogP contribution in [0.25, 0.3) is 10.4 Å². The summed E-state index contributed by atoms with van der Waals surface area (Å²) in [7, 11) is 1.15. The number of hydrogen-bond donors (Lipinski definition) is 1. The lowest BCUT2D eigenvalue weighted by molar-refractivity contribution is -0.143. The van der Waals surface area contributed by atoms with Gasteiger partial charge in [-0.3, -0.25) is 4.79 Å². The number of terminal acetylenes is 2. The van der Waals surface area contributed by atoms with Gasteiger partial charge in [0.05, 0.1) is 13.7 Å². The first-order valence-corrected chi connectivity index (χ1v) is 3.82. The molecule has 0 bridgehead atoms. The first kappa shape index (κ1) is 15.9. The molecule has 0 radical (unpaired) electrons. The van der Waals surface area contributed by atoms with Crippen LogP contribution in [0.3, 0.4) is 0 Å². The van der Waals surface area contributed by atoms with Crippen molar-refractivity contribution in [3.05, 3.63) is 10.4 Å². The minimum Gasteiger partial charge on any atom is -0.469 e. The second kappa shape index (κ2) is 12.4. The maximum atomic E-state index is 10.5. The summed E-state index contributed by atoms with van der Waals surface area (Å²) in [6.45, 7) is -0.531. The van der Waals surface area contributed by atoms with Crippen molar-refractivity contribution < 1.29 is 14.6 Å². The Balaban J connectivity index is 0. The Morgan fingerprint density at radius 2 is 2.06 bits per heavy atom. The fraction of sp³-hybridized carbons (Fsp3) is 0.300. The molecule has 0 fully saturated rings. The number of rotatable bonds is 3. The Bertz CT molecular complexity index is 382. The molecule has 0 rings (SSSR count). The summed E-state index contributed by atoms with van der Waals surface area (Å²) in [5.41, 5.74) is 7.85. The first-order valence-electron chi connectivity index (χ1n) is 3.82. The van der Waals surface area contributed by atoms with Crippen molar-refractivity contribution in [2.24, 2.45) is 5.11 Å². The lowest BCUT2D eigenvalue weighted by Gasteiger charge is -2.02. The molecule has 82 valence electrons. The first-order chi connectivity index (χ1) is 7.67. The monoisotopic (exact) mass is 219 g/mol. The standard InChI is InChI=1S/C6H2.C4H7N3O3/c1-3-5-6-4-2;1-10-4(9)3(2-8)6-7-5/h1-2H;3,8H,2H2,1H3. The zero-order valence-electron chi connectivity index (χ0n) is 8.54. The van der Waals surface area contributed by atoms with Crippen molar-refractivity contribution in [2.45, 2.75) is 6.04 Å². The highest BCUT2D eigenvalue weighted by atomic mass is 16.5. The number of methoxy groups -OCH3 is 1. The number of carbonyl (C=O) groups is 1. The minimum absolute atomic E-state index is 0.531. The smallest absolute Gasteiger partial charge is 0.316 e. The highest BCUT2D eigenvalue weighted by Gasteiger charge is 2.14. The number of aliphatic hydroxyl groups is 1. The number of aliphatic hydroxyl groups excluding tert-OH is 1. The summed E-state index contributed by atoms with van der Waals surface area (Å²) in [6.07, 6.45) is 9.39. The molecule has 0 heterocycles. The largest absolute Gasteiger partial charge is 0.469 e. The van der Waals surface area contributed by atoms with Crippen LogP contribution in [0.15, 0.2) is 5.11 Å². The van der Waals surface area contributed by atoms with Crippen LogP contribution < -0.4 is 0 Å². The SMILES string of the molecule is C#CC#CC#C.COC(=O)C(CO)N=[N+]=[N-]. The molecule has 0 aliphatic heterocycles. The van der Waals surface area contributed by atoms with E-state index in [0.29, 0.717) is 0 Å². The highest BCUT2D eigenvalue weighted by Crippen LogP contribution is 1.92. The molecular weight excluding hydrogens is 210 g/mol. The van der Waals surface area contributed by atoms with E-state index >= 15 is 0 Å². The molecular formula is C10H9N3O3. The highest BCUT2D eigenvalue weighted by molar-refractivity contribution is 5.75. The maximum absolute atomic E-state index is 10.5. The van der Waals surface area contributed by atoms with Gasteiger partial charge in [0.25, 0.3) is 0 Å². The van der Waals surface area contributed by atoms with Gasteiger partial charge in [0, 0.05) is 4.91 Å². The third-order valence-electron chi connectivity index (χ3n) is 1.04. The molecule has 0 saturated carbocycles. The van der Waals surface area contributed by atoms with Crippen molar-refractivity contribution in [2.75, 3.05) is 13.7 Å². The Kier molecular flexibility index (Phi) is 12.3. The van der Waals surface area contributed by atoms with Gasteiger partial charge in [-0.25, -0.2) is 0 Å². The molecule has 6 nitrogen and oxygen atoms in total. The zero-order valence-corrected chi connectivity index (χ0v) is 8.54. The molecule has 0 saturated heterocycles. The molecule has 1 N–H and O–H groups in total. The third-order valence-corrected chi connectivity index (χ3v) is 1.04. The number of carbonyl (C=O) groups excluding carboxylic acids is 1. The number of ether oxygens (including phenoxy) is 1. The van der Waals surface area contributed by atoms with Crippen molar-refractivity contribution in [3.63, 3.8) is 0 Å². The fourth-order valence-corrected chi connectivity index (χ4v) is 0.429. The normalized spacial score (nSPS) is 8.25. The van der Waals surface area contributed by atoms with Crippen molar-refractivity contribution >= 4 is 5.97 Å². The summed E-state index contributed by atoms with van der Waals surface area (Å²) in [5.74, 6) is 7.87. The topological polar surface area (TPSA) is 95.3 Å². The zero-order chi connectivity index (χ0) is 12.8. The van der Waals surface area contributed by atoms with Gasteiger partial charge < -0.3 is 9.84 Å². The molecule has 0 aromatic carbocycles.